The second kappa shape index (κ2) is 10.0. The van der Waals surface area contributed by atoms with Crippen LogP contribution in [-0.4, -0.2) is 35.5 Å². The van der Waals surface area contributed by atoms with Crippen LogP contribution in [0.1, 0.15) is 34.3 Å². The van der Waals surface area contributed by atoms with E-state index in [1.807, 2.05) is 18.2 Å². The molecule has 0 saturated heterocycles. The van der Waals surface area contributed by atoms with E-state index in [1.54, 1.807) is 35.5 Å². The average molecular weight is 450 g/mol. The van der Waals surface area contributed by atoms with Crippen molar-refractivity contribution in [3.05, 3.63) is 76.9 Å². The van der Waals surface area contributed by atoms with Gasteiger partial charge in [-0.3, -0.25) is 0 Å². The maximum atomic E-state index is 5.88. The first kappa shape index (κ1) is 22.8. The van der Waals surface area contributed by atoms with Crippen molar-refractivity contribution in [1.29, 1.82) is 0 Å². The number of methoxy groups -OCH3 is 5. The third kappa shape index (κ3) is 4.44. The first-order valence-corrected chi connectivity index (χ1v) is 11.0. The Morgan fingerprint density at radius 2 is 1.42 bits per heavy atom. The zero-order valence-corrected chi connectivity index (χ0v) is 19.8. The smallest absolute Gasteiger partial charge is 0.203 e. The molecule has 0 bridgehead atoms. The fraction of sp³-hybridized carbons (Fsp3) is 0.333. The van der Waals surface area contributed by atoms with Gasteiger partial charge < -0.3 is 29.0 Å². The van der Waals surface area contributed by atoms with Crippen molar-refractivity contribution in [2.75, 3.05) is 35.5 Å². The second-order valence-corrected chi connectivity index (χ2v) is 8.00. The summed E-state index contributed by atoms with van der Waals surface area (Å²) in [6.07, 6.45) is 1.56. The van der Waals surface area contributed by atoms with Gasteiger partial charge in [0.15, 0.2) is 23.0 Å². The minimum atomic E-state index is -0.00758. The second-order valence-electron chi connectivity index (χ2n) is 8.00. The monoisotopic (exact) mass is 449 g/mol. The first-order valence-electron chi connectivity index (χ1n) is 11.0. The van der Waals surface area contributed by atoms with Gasteiger partial charge in [0.25, 0.3) is 0 Å². The average Bonchev–Trinajstić information content (AvgIpc) is 2.87. The van der Waals surface area contributed by atoms with E-state index in [2.05, 4.69) is 41.7 Å². The van der Waals surface area contributed by atoms with E-state index in [0.717, 1.165) is 24.0 Å². The molecule has 0 aliphatic carbocycles. The van der Waals surface area contributed by atoms with Gasteiger partial charge in [0.05, 0.1) is 35.5 Å². The van der Waals surface area contributed by atoms with Crippen molar-refractivity contribution in [3.8, 4) is 28.7 Å². The predicted molar refractivity (Wildman–Crippen MR) is 128 cm³/mol. The molecular formula is C27H31NO5. The Morgan fingerprint density at radius 1 is 0.727 bits per heavy atom. The van der Waals surface area contributed by atoms with Crippen molar-refractivity contribution in [2.45, 2.75) is 24.9 Å². The van der Waals surface area contributed by atoms with Crippen LogP contribution in [0.2, 0.25) is 0 Å². The number of hydrogen-bond acceptors (Lipinski definition) is 6. The summed E-state index contributed by atoms with van der Waals surface area (Å²) in [5.74, 6) is 3.41. The Kier molecular flexibility index (Phi) is 6.94. The van der Waals surface area contributed by atoms with E-state index in [9.17, 15) is 0 Å². The molecule has 0 fully saturated rings. The molecule has 1 heterocycles. The number of benzene rings is 3. The number of fused-ring (bicyclic) bond motifs is 1. The molecular weight excluding hydrogens is 418 g/mol. The van der Waals surface area contributed by atoms with Crippen molar-refractivity contribution in [1.82, 2.24) is 5.32 Å². The van der Waals surface area contributed by atoms with Crippen LogP contribution in [0.5, 0.6) is 28.7 Å². The predicted octanol–water partition coefficient (Wildman–Crippen LogP) is 4.90. The zero-order valence-electron chi connectivity index (χ0n) is 19.8. The Labute approximate surface area is 195 Å². The van der Waals surface area contributed by atoms with E-state index in [0.29, 0.717) is 28.7 Å². The standard InChI is InChI=1S/C27H31NO5/c1-29-22-12-11-17(14-23(22)30-2)13-21-25-19(15-20(28-21)18-9-7-6-8-10-18)16-24(31-3)26(32-4)27(25)33-5/h6-12,14,16,20-21,28H,13,15H2,1-5H3. The highest BCUT2D eigenvalue weighted by atomic mass is 16.5. The molecule has 6 nitrogen and oxygen atoms in total. The van der Waals surface area contributed by atoms with E-state index in [-0.39, 0.29) is 12.1 Å². The van der Waals surface area contributed by atoms with Crippen LogP contribution < -0.4 is 29.0 Å². The molecule has 33 heavy (non-hydrogen) atoms. The van der Waals surface area contributed by atoms with Crippen LogP contribution in [0.3, 0.4) is 0 Å². The van der Waals surface area contributed by atoms with Gasteiger partial charge in [-0.05, 0) is 47.7 Å². The summed E-state index contributed by atoms with van der Waals surface area (Å²) in [6, 6.07) is 18.8. The van der Waals surface area contributed by atoms with Gasteiger partial charge in [0.2, 0.25) is 5.75 Å². The molecule has 0 spiro atoms. The van der Waals surface area contributed by atoms with Crippen LogP contribution in [0, 0.1) is 0 Å². The minimum absolute atomic E-state index is 0.00758. The third-order valence-corrected chi connectivity index (χ3v) is 6.22. The minimum Gasteiger partial charge on any atom is -0.493 e. The molecule has 2 atom stereocenters. The summed E-state index contributed by atoms with van der Waals surface area (Å²) in [5, 5.41) is 3.86. The highest BCUT2D eigenvalue weighted by molar-refractivity contribution is 5.61. The summed E-state index contributed by atoms with van der Waals surface area (Å²) < 4.78 is 28.1. The zero-order chi connectivity index (χ0) is 23.4. The Balaban J connectivity index is 1.81. The summed E-state index contributed by atoms with van der Waals surface area (Å²) in [4.78, 5) is 0. The van der Waals surface area contributed by atoms with E-state index in [4.69, 9.17) is 23.7 Å². The molecule has 1 aliphatic heterocycles. The van der Waals surface area contributed by atoms with Gasteiger partial charge in [-0.1, -0.05) is 36.4 Å². The lowest BCUT2D eigenvalue weighted by Crippen LogP contribution is -2.35. The SMILES string of the molecule is COc1ccc(CC2NC(c3ccccc3)Cc3cc(OC)c(OC)c(OC)c32)cc1OC. The number of nitrogens with one attached hydrogen (secondary N) is 1. The highest BCUT2D eigenvalue weighted by Crippen LogP contribution is 2.48. The molecule has 0 amide bonds. The van der Waals surface area contributed by atoms with Crippen molar-refractivity contribution < 1.29 is 23.7 Å². The first-order chi connectivity index (χ1) is 16.1. The molecule has 2 unspecified atom stereocenters. The molecule has 6 heteroatoms. The molecule has 1 N–H and O–H groups in total. The van der Waals surface area contributed by atoms with Crippen molar-refractivity contribution >= 4 is 0 Å². The summed E-state index contributed by atoms with van der Waals surface area (Å²) in [7, 11) is 8.26. The fourth-order valence-corrected chi connectivity index (χ4v) is 4.69. The summed E-state index contributed by atoms with van der Waals surface area (Å²) in [6.45, 7) is 0. The largest absolute Gasteiger partial charge is 0.493 e. The van der Waals surface area contributed by atoms with Crippen LogP contribution in [0.4, 0.5) is 0 Å². The molecule has 0 aromatic heterocycles. The van der Waals surface area contributed by atoms with Crippen molar-refractivity contribution in [3.63, 3.8) is 0 Å². The number of rotatable bonds is 8. The van der Waals surface area contributed by atoms with E-state index >= 15 is 0 Å². The third-order valence-electron chi connectivity index (χ3n) is 6.22. The Bertz CT molecular complexity index is 1100. The maximum absolute atomic E-state index is 5.88. The van der Waals surface area contributed by atoms with Gasteiger partial charge in [0.1, 0.15) is 0 Å². The lowest BCUT2D eigenvalue weighted by atomic mass is 9.84. The normalized spacial score (nSPS) is 17.1. The number of ether oxygens (including phenoxy) is 5. The van der Waals surface area contributed by atoms with Gasteiger partial charge in [0, 0.05) is 17.6 Å². The van der Waals surface area contributed by atoms with Crippen molar-refractivity contribution in [2.24, 2.45) is 0 Å². The van der Waals surface area contributed by atoms with Gasteiger partial charge >= 0.3 is 0 Å². The van der Waals surface area contributed by atoms with Gasteiger partial charge in [-0.2, -0.15) is 0 Å². The Hall–Kier alpha value is -3.38. The van der Waals surface area contributed by atoms with E-state index in [1.165, 1.54) is 11.1 Å². The fourth-order valence-electron chi connectivity index (χ4n) is 4.69. The molecule has 0 saturated carbocycles. The molecule has 0 radical (unpaired) electrons. The molecule has 3 aromatic rings. The van der Waals surface area contributed by atoms with E-state index < -0.39 is 0 Å². The molecule has 4 rings (SSSR count). The number of hydrogen-bond donors (Lipinski definition) is 1. The van der Waals surface area contributed by atoms with Crippen LogP contribution in [-0.2, 0) is 12.8 Å². The van der Waals surface area contributed by atoms with Crippen LogP contribution in [0.25, 0.3) is 0 Å². The summed E-state index contributed by atoms with van der Waals surface area (Å²) >= 11 is 0. The summed E-state index contributed by atoms with van der Waals surface area (Å²) in [5.41, 5.74) is 4.65. The van der Waals surface area contributed by atoms with Crippen LogP contribution in [0.15, 0.2) is 54.6 Å². The lowest BCUT2D eigenvalue weighted by Gasteiger charge is -2.35. The van der Waals surface area contributed by atoms with Gasteiger partial charge in [-0.15, -0.1) is 0 Å². The molecule has 1 aliphatic rings. The van der Waals surface area contributed by atoms with Gasteiger partial charge in [-0.25, -0.2) is 0 Å². The quantitative estimate of drug-likeness (QED) is 0.528. The van der Waals surface area contributed by atoms with Crippen LogP contribution >= 0.6 is 0 Å². The molecule has 3 aromatic carbocycles. The topological polar surface area (TPSA) is 58.2 Å². The lowest BCUT2D eigenvalue weighted by molar-refractivity contribution is 0.310. The molecule has 174 valence electrons. The Morgan fingerprint density at radius 3 is 2.06 bits per heavy atom. The highest BCUT2D eigenvalue weighted by Gasteiger charge is 2.33. The maximum Gasteiger partial charge on any atom is 0.203 e.